The molecule has 20 heavy (non-hydrogen) atoms. The third-order valence-electron chi connectivity index (χ3n) is 2.71. The Labute approximate surface area is 119 Å². The normalized spacial score (nSPS) is 12.2. The Kier molecular flexibility index (Phi) is 3.08. The molecule has 6 nitrogen and oxygen atoms in total. The third kappa shape index (κ3) is 2.21. The van der Waals surface area contributed by atoms with Gasteiger partial charge in [-0.15, -0.1) is 0 Å². The lowest BCUT2D eigenvalue weighted by atomic mass is 10.2. The Hall–Kier alpha value is -2.47. The van der Waals surface area contributed by atoms with Crippen LogP contribution in [0.4, 0.5) is 0 Å². The number of rotatable bonds is 3. The molecule has 102 valence electrons. The van der Waals surface area contributed by atoms with Crippen molar-refractivity contribution in [3.05, 3.63) is 41.0 Å². The van der Waals surface area contributed by atoms with Gasteiger partial charge in [-0.1, -0.05) is 11.6 Å². The highest BCUT2D eigenvalue weighted by molar-refractivity contribution is 6.35. The summed E-state index contributed by atoms with van der Waals surface area (Å²) in [5, 5.41) is 7.62. The topological polar surface area (TPSA) is 90.5 Å². The molecule has 0 saturated carbocycles. The van der Waals surface area contributed by atoms with Gasteiger partial charge < -0.3 is 19.9 Å². The van der Waals surface area contributed by atoms with Crippen LogP contribution >= 0.6 is 11.6 Å². The number of fused-ring (bicyclic) bond motifs is 1. The van der Waals surface area contributed by atoms with Crippen LogP contribution in [0.25, 0.3) is 0 Å². The molecule has 1 aliphatic heterocycles. The molecule has 0 bridgehead atoms. The first-order valence-corrected chi connectivity index (χ1v) is 6.09. The van der Waals surface area contributed by atoms with E-state index in [1.54, 1.807) is 24.3 Å². The minimum absolute atomic E-state index is 0.145. The predicted octanol–water partition coefficient (Wildman–Crippen LogP) is 2.54. The minimum atomic E-state index is -0.145. The SMILES string of the molecule is N=C(N)c1ccnc(Oc2ccc3c(c2)OCO3)c1Cl. The standard InChI is InChI=1S/C13H10ClN3O3/c14-11-8(12(15)16)3-4-17-13(11)20-7-1-2-9-10(5-7)19-6-18-9/h1-5H,6H2,(H3,15,16). The molecule has 3 N–H and O–H groups in total. The van der Waals surface area contributed by atoms with Crippen molar-refractivity contribution in [1.82, 2.24) is 4.98 Å². The van der Waals surface area contributed by atoms with Crippen LogP contribution in [0, 0.1) is 5.41 Å². The lowest BCUT2D eigenvalue weighted by molar-refractivity contribution is 0.174. The van der Waals surface area contributed by atoms with E-state index in [1.165, 1.54) is 6.20 Å². The molecule has 0 amide bonds. The molecule has 0 unspecified atom stereocenters. The fraction of sp³-hybridized carbons (Fsp3) is 0.0769. The van der Waals surface area contributed by atoms with Crippen LogP contribution in [0.3, 0.4) is 0 Å². The van der Waals surface area contributed by atoms with Crippen molar-refractivity contribution in [3.63, 3.8) is 0 Å². The van der Waals surface area contributed by atoms with E-state index in [2.05, 4.69) is 4.98 Å². The van der Waals surface area contributed by atoms with Gasteiger partial charge in [0.15, 0.2) is 11.5 Å². The zero-order valence-electron chi connectivity index (χ0n) is 10.2. The second kappa shape index (κ2) is 4.90. The number of aromatic nitrogens is 1. The van der Waals surface area contributed by atoms with E-state index in [1.807, 2.05) is 0 Å². The molecule has 0 aliphatic carbocycles. The summed E-state index contributed by atoms with van der Waals surface area (Å²) in [5.74, 6) is 1.80. The predicted molar refractivity (Wildman–Crippen MR) is 72.9 cm³/mol. The molecule has 0 spiro atoms. The number of benzene rings is 1. The number of amidine groups is 1. The smallest absolute Gasteiger partial charge is 0.238 e. The molecule has 0 saturated heterocycles. The van der Waals surface area contributed by atoms with Crippen molar-refractivity contribution in [2.75, 3.05) is 6.79 Å². The number of nitrogens with one attached hydrogen (secondary N) is 1. The van der Waals surface area contributed by atoms with Gasteiger partial charge in [-0.3, -0.25) is 5.41 Å². The monoisotopic (exact) mass is 291 g/mol. The molecule has 0 fully saturated rings. The molecular weight excluding hydrogens is 282 g/mol. The Bertz CT molecular complexity index is 691. The van der Waals surface area contributed by atoms with Crippen LogP contribution in [-0.4, -0.2) is 17.6 Å². The summed E-state index contributed by atoms with van der Waals surface area (Å²) in [6.07, 6.45) is 1.48. The number of pyridine rings is 1. The second-order valence-electron chi connectivity index (χ2n) is 4.01. The molecule has 0 atom stereocenters. The van der Waals surface area contributed by atoms with E-state index < -0.39 is 0 Å². The maximum Gasteiger partial charge on any atom is 0.238 e. The van der Waals surface area contributed by atoms with E-state index >= 15 is 0 Å². The van der Waals surface area contributed by atoms with E-state index in [4.69, 9.17) is 37.0 Å². The summed E-state index contributed by atoms with van der Waals surface area (Å²) in [7, 11) is 0. The largest absolute Gasteiger partial charge is 0.454 e. The Balaban J connectivity index is 1.92. The quantitative estimate of drug-likeness (QED) is 0.670. The molecule has 1 aromatic carbocycles. The Morgan fingerprint density at radius 3 is 2.90 bits per heavy atom. The number of halogens is 1. The van der Waals surface area contributed by atoms with E-state index in [0.717, 1.165) is 0 Å². The highest BCUT2D eigenvalue weighted by atomic mass is 35.5. The first-order chi connectivity index (χ1) is 9.65. The van der Waals surface area contributed by atoms with Crippen molar-refractivity contribution < 1.29 is 14.2 Å². The average molecular weight is 292 g/mol. The zero-order chi connectivity index (χ0) is 14.1. The molecule has 2 aromatic rings. The molecule has 3 rings (SSSR count). The van der Waals surface area contributed by atoms with Gasteiger partial charge in [-0.2, -0.15) is 0 Å². The van der Waals surface area contributed by atoms with Crippen LogP contribution in [0.5, 0.6) is 23.1 Å². The summed E-state index contributed by atoms with van der Waals surface area (Å²) in [5.41, 5.74) is 5.80. The van der Waals surface area contributed by atoms with Crippen molar-refractivity contribution in [2.24, 2.45) is 5.73 Å². The fourth-order valence-corrected chi connectivity index (χ4v) is 2.01. The van der Waals surface area contributed by atoms with Crippen LogP contribution in [0.2, 0.25) is 5.02 Å². The van der Waals surface area contributed by atoms with E-state index in [9.17, 15) is 0 Å². The number of nitrogen functional groups attached to an aromatic ring is 1. The summed E-state index contributed by atoms with van der Waals surface area (Å²) in [6, 6.07) is 6.68. The van der Waals surface area contributed by atoms with Crippen molar-refractivity contribution >= 4 is 17.4 Å². The molecule has 1 aliphatic rings. The van der Waals surface area contributed by atoms with Crippen molar-refractivity contribution in [3.8, 4) is 23.1 Å². The maximum absolute atomic E-state index is 7.43. The lowest BCUT2D eigenvalue weighted by Crippen LogP contribution is -2.12. The number of nitrogens with zero attached hydrogens (tertiary/aromatic N) is 1. The third-order valence-corrected chi connectivity index (χ3v) is 3.07. The zero-order valence-corrected chi connectivity index (χ0v) is 11.0. The molecule has 1 aromatic heterocycles. The van der Waals surface area contributed by atoms with Crippen LogP contribution < -0.4 is 19.9 Å². The first-order valence-electron chi connectivity index (χ1n) is 5.71. The minimum Gasteiger partial charge on any atom is -0.454 e. The van der Waals surface area contributed by atoms with Crippen molar-refractivity contribution in [2.45, 2.75) is 0 Å². The summed E-state index contributed by atoms with van der Waals surface area (Å²) < 4.78 is 16.1. The second-order valence-corrected chi connectivity index (χ2v) is 4.39. The van der Waals surface area contributed by atoms with E-state index in [0.29, 0.717) is 22.8 Å². The maximum atomic E-state index is 7.43. The molecule has 7 heteroatoms. The highest BCUT2D eigenvalue weighted by Gasteiger charge is 2.16. The first kappa shape index (κ1) is 12.6. The van der Waals surface area contributed by atoms with Gasteiger partial charge in [0.05, 0.1) is 0 Å². The number of ether oxygens (including phenoxy) is 3. The van der Waals surface area contributed by atoms with Crippen LogP contribution in [-0.2, 0) is 0 Å². The fourth-order valence-electron chi connectivity index (χ4n) is 1.76. The molecule has 0 radical (unpaired) electrons. The van der Waals surface area contributed by atoms with Gasteiger partial charge in [-0.05, 0) is 18.2 Å². The van der Waals surface area contributed by atoms with Crippen LogP contribution in [0.15, 0.2) is 30.5 Å². The van der Waals surface area contributed by atoms with Crippen LogP contribution in [0.1, 0.15) is 5.56 Å². The number of hydrogen-bond acceptors (Lipinski definition) is 5. The summed E-state index contributed by atoms with van der Waals surface area (Å²) in [6.45, 7) is 0.192. The summed E-state index contributed by atoms with van der Waals surface area (Å²) in [4.78, 5) is 4.03. The average Bonchev–Trinajstić information content (AvgIpc) is 2.88. The number of hydrogen-bond donors (Lipinski definition) is 2. The highest BCUT2D eigenvalue weighted by Crippen LogP contribution is 2.37. The van der Waals surface area contributed by atoms with Gasteiger partial charge in [0.25, 0.3) is 0 Å². The van der Waals surface area contributed by atoms with Gasteiger partial charge in [0.2, 0.25) is 12.7 Å². The Morgan fingerprint density at radius 2 is 2.10 bits per heavy atom. The number of nitrogens with two attached hydrogens (primary N) is 1. The molecule has 2 heterocycles. The van der Waals surface area contributed by atoms with Gasteiger partial charge in [0.1, 0.15) is 16.6 Å². The molecular formula is C13H10ClN3O3. The van der Waals surface area contributed by atoms with Gasteiger partial charge in [0, 0.05) is 17.8 Å². The van der Waals surface area contributed by atoms with Crippen molar-refractivity contribution in [1.29, 1.82) is 5.41 Å². The Morgan fingerprint density at radius 1 is 1.30 bits per heavy atom. The van der Waals surface area contributed by atoms with E-state index in [-0.39, 0.29) is 23.5 Å². The van der Waals surface area contributed by atoms with Gasteiger partial charge in [-0.25, -0.2) is 4.98 Å². The lowest BCUT2D eigenvalue weighted by Gasteiger charge is -2.09. The van der Waals surface area contributed by atoms with Gasteiger partial charge >= 0.3 is 0 Å². The summed E-state index contributed by atoms with van der Waals surface area (Å²) >= 11 is 6.11.